The van der Waals surface area contributed by atoms with E-state index in [2.05, 4.69) is 16.2 Å². The minimum atomic E-state index is -0.210. The minimum absolute atomic E-state index is 0.210. The van der Waals surface area contributed by atoms with E-state index in [0.29, 0.717) is 47.0 Å². The van der Waals surface area contributed by atoms with Gasteiger partial charge in [-0.05, 0) is 55.2 Å². The molecule has 4 N–H and O–H groups in total. The van der Waals surface area contributed by atoms with Gasteiger partial charge >= 0.3 is 0 Å². The molecule has 0 saturated heterocycles. The lowest BCUT2D eigenvalue weighted by molar-refractivity contribution is 0.276. The van der Waals surface area contributed by atoms with Crippen LogP contribution in [0.2, 0.25) is 0 Å². The molecular weight excluding hydrogens is 388 g/mol. The second kappa shape index (κ2) is 9.67. The van der Waals surface area contributed by atoms with E-state index in [-0.39, 0.29) is 6.61 Å². The summed E-state index contributed by atoms with van der Waals surface area (Å²) in [6, 6.07) is 16.7. The molecule has 3 aromatic rings. The zero-order valence-corrected chi connectivity index (χ0v) is 17.6. The number of rotatable bonds is 7. The summed E-state index contributed by atoms with van der Waals surface area (Å²) in [5.74, 6) is 1.22. The van der Waals surface area contributed by atoms with Crippen LogP contribution in [0.3, 0.4) is 0 Å². The fourth-order valence-electron chi connectivity index (χ4n) is 3.40. The number of nitrogens with zero attached hydrogens (tertiary/aromatic N) is 2. The number of ether oxygens (including phenoxy) is 1. The lowest BCUT2D eigenvalue weighted by Gasteiger charge is -2.18. The van der Waals surface area contributed by atoms with Crippen molar-refractivity contribution in [3.63, 3.8) is 0 Å². The second-order valence-corrected chi connectivity index (χ2v) is 7.31. The summed E-state index contributed by atoms with van der Waals surface area (Å²) in [6.07, 6.45) is 1.17. The number of nitrogens with two attached hydrogens (primary N) is 1. The minimum Gasteiger partial charge on any atom is -0.456 e. The molecule has 0 unspecified atom stereocenters. The highest BCUT2D eigenvalue weighted by molar-refractivity contribution is 5.76. The van der Waals surface area contributed by atoms with Gasteiger partial charge < -0.3 is 20.9 Å². The van der Waals surface area contributed by atoms with Crippen LogP contribution in [-0.4, -0.2) is 5.11 Å². The standard InChI is InChI=1S/C25H24N4O2/c1-16-11-18(5-4-10-26)12-17(2)25(16)31-24-14-23(22(27)13-19(24)15-30)29-21-8-6-20(28-3)7-9-21/h6-9,11-14,29-30H,4-5,15,27H2,1-2H3. The zero-order valence-electron chi connectivity index (χ0n) is 17.6. The Kier molecular flexibility index (Phi) is 6.77. The van der Waals surface area contributed by atoms with Crippen molar-refractivity contribution >= 4 is 22.7 Å². The Bertz CT molecular complexity index is 1150. The number of aryl methyl sites for hydroxylation is 3. The van der Waals surface area contributed by atoms with Crippen LogP contribution in [0.25, 0.3) is 4.85 Å². The number of hydrogen-bond acceptors (Lipinski definition) is 5. The van der Waals surface area contributed by atoms with E-state index in [1.165, 1.54) is 0 Å². The summed E-state index contributed by atoms with van der Waals surface area (Å²) >= 11 is 0. The molecule has 0 saturated carbocycles. The number of aliphatic hydroxyl groups excluding tert-OH is 1. The number of hydrogen-bond donors (Lipinski definition) is 3. The third kappa shape index (κ3) is 5.14. The Morgan fingerprint density at radius 1 is 1.13 bits per heavy atom. The maximum atomic E-state index is 9.82. The summed E-state index contributed by atoms with van der Waals surface area (Å²) in [5.41, 5.74) is 12.2. The van der Waals surface area contributed by atoms with Crippen molar-refractivity contribution in [3.05, 3.63) is 82.2 Å². The van der Waals surface area contributed by atoms with Crippen molar-refractivity contribution in [3.8, 4) is 17.6 Å². The van der Waals surface area contributed by atoms with E-state index in [0.717, 1.165) is 22.4 Å². The molecule has 0 heterocycles. The molecule has 0 aliphatic heterocycles. The van der Waals surface area contributed by atoms with Crippen molar-refractivity contribution in [2.75, 3.05) is 11.1 Å². The molecule has 0 atom stereocenters. The van der Waals surface area contributed by atoms with Crippen LogP contribution >= 0.6 is 0 Å². The first kappa shape index (κ1) is 21.7. The molecule has 31 heavy (non-hydrogen) atoms. The highest BCUT2D eigenvalue weighted by Crippen LogP contribution is 2.37. The molecule has 0 spiro atoms. The third-order valence-corrected chi connectivity index (χ3v) is 4.94. The quantitative estimate of drug-likeness (QED) is 0.331. The molecular formula is C25H24N4O2. The van der Waals surface area contributed by atoms with Gasteiger partial charge in [-0.1, -0.05) is 24.3 Å². The highest BCUT2D eigenvalue weighted by atomic mass is 16.5. The van der Waals surface area contributed by atoms with E-state index >= 15 is 0 Å². The third-order valence-electron chi connectivity index (χ3n) is 4.94. The molecule has 3 aromatic carbocycles. The molecule has 0 bridgehead atoms. The predicted molar refractivity (Wildman–Crippen MR) is 123 cm³/mol. The van der Waals surface area contributed by atoms with E-state index in [1.54, 1.807) is 24.3 Å². The maximum absolute atomic E-state index is 9.82. The van der Waals surface area contributed by atoms with Gasteiger partial charge in [0.15, 0.2) is 5.69 Å². The number of benzene rings is 3. The molecule has 0 aliphatic carbocycles. The van der Waals surface area contributed by atoms with Crippen molar-refractivity contribution in [1.82, 2.24) is 0 Å². The molecule has 0 fully saturated rings. The number of aliphatic hydroxyl groups is 1. The summed E-state index contributed by atoms with van der Waals surface area (Å²) in [5, 5.41) is 21.9. The molecule has 3 rings (SSSR count). The summed E-state index contributed by atoms with van der Waals surface area (Å²) in [7, 11) is 0. The number of nitriles is 1. The topological polar surface area (TPSA) is 95.7 Å². The lowest BCUT2D eigenvalue weighted by Crippen LogP contribution is -2.02. The first-order chi connectivity index (χ1) is 14.9. The Hall–Kier alpha value is -4.00. The van der Waals surface area contributed by atoms with Gasteiger partial charge in [-0.15, -0.1) is 0 Å². The van der Waals surface area contributed by atoms with Gasteiger partial charge in [0.25, 0.3) is 0 Å². The number of nitrogen functional groups attached to an aromatic ring is 1. The number of nitrogens with one attached hydrogen (secondary N) is 1. The van der Waals surface area contributed by atoms with Gasteiger partial charge in [0.2, 0.25) is 0 Å². The van der Waals surface area contributed by atoms with Gasteiger partial charge in [0.1, 0.15) is 11.5 Å². The Balaban J connectivity index is 1.93. The first-order valence-electron chi connectivity index (χ1n) is 9.88. The SMILES string of the molecule is [C-]#[N+]c1ccc(Nc2cc(Oc3c(C)cc(CCC#N)cc3C)c(CO)cc2N)cc1. The van der Waals surface area contributed by atoms with Crippen molar-refractivity contribution < 1.29 is 9.84 Å². The van der Waals surface area contributed by atoms with E-state index in [9.17, 15) is 5.11 Å². The van der Waals surface area contributed by atoms with Gasteiger partial charge in [-0.3, -0.25) is 0 Å². The molecule has 6 nitrogen and oxygen atoms in total. The Morgan fingerprint density at radius 3 is 2.39 bits per heavy atom. The summed E-state index contributed by atoms with van der Waals surface area (Å²) in [6.45, 7) is 10.8. The Morgan fingerprint density at radius 2 is 1.81 bits per heavy atom. The fraction of sp³-hybridized carbons (Fsp3) is 0.200. The number of anilines is 3. The monoisotopic (exact) mass is 412 g/mol. The van der Waals surface area contributed by atoms with Crippen LogP contribution in [0.5, 0.6) is 11.5 Å². The van der Waals surface area contributed by atoms with Crippen LogP contribution in [0.15, 0.2) is 48.5 Å². The van der Waals surface area contributed by atoms with Gasteiger partial charge in [-0.25, -0.2) is 4.85 Å². The normalized spacial score (nSPS) is 10.2. The van der Waals surface area contributed by atoms with Crippen molar-refractivity contribution in [2.45, 2.75) is 33.3 Å². The second-order valence-electron chi connectivity index (χ2n) is 7.31. The van der Waals surface area contributed by atoms with Gasteiger partial charge in [0.05, 0.1) is 30.6 Å². The van der Waals surface area contributed by atoms with Crippen LogP contribution in [0.1, 0.15) is 28.7 Å². The first-order valence-corrected chi connectivity index (χ1v) is 9.88. The maximum Gasteiger partial charge on any atom is 0.187 e. The molecule has 0 amide bonds. The van der Waals surface area contributed by atoms with Crippen molar-refractivity contribution in [2.24, 2.45) is 0 Å². The van der Waals surface area contributed by atoms with E-state index in [4.69, 9.17) is 22.3 Å². The highest BCUT2D eigenvalue weighted by Gasteiger charge is 2.14. The summed E-state index contributed by atoms with van der Waals surface area (Å²) < 4.78 is 6.23. The molecule has 0 aliphatic rings. The molecule has 0 aromatic heterocycles. The van der Waals surface area contributed by atoms with Crippen molar-refractivity contribution in [1.29, 1.82) is 5.26 Å². The summed E-state index contributed by atoms with van der Waals surface area (Å²) in [4.78, 5) is 3.39. The predicted octanol–water partition coefficient (Wildman–Crippen LogP) is 5.92. The smallest absolute Gasteiger partial charge is 0.187 e. The van der Waals surface area contributed by atoms with Gasteiger partial charge in [0, 0.05) is 23.7 Å². The van der Waals surface area contributed by atoms with Gasteiger partial charge in [-0.2, -0.15) is 5.26 Å². The lowest BCUT2D eigenvalue weighted by atomic mass is 10.0. The van der Waals surface area contributed by atoms with Crippen LogP contribution in [-0.2, 0) is 13.0 Å². The molecule has 0 radical (unpaired) electrons. The zero-order chi connectivity index (χ0) is 22.4. The van der Waals surface area contributed by atoms with E-state index in [1.807, 2.05) is 38.1 Å². The van der Waals surface area contributed by atoms with Crippen LogP contribution in [0.4, 0.5) is 22.7 Å². The average molecular weight is 412 g/mol. The van der Waals surface area contributed by atoms with Crippen LogP contribution < -0.4 is 15.8 Å². The Labute approximate surface area is 182 Å². The molecule has 156 valence electrons. The van der Waals surface area contributed by atoms with Crippen LogP contribution in [0, 0.1) is 31.8 Å². The fourth-order valence-corrected chi connectivity index (χ4v) is 3.40. The molecule has 6 heteroatoms. The largest absolute Gasteiger partial charge is 0.456 e. The van der Waals surface area contributed by atoms with E-state index < -0.39 is 0 Å². The average Bonchev–Trinajstić information content (AvgIpc) is 2.77.